The number of aryl methyl sites for hydroxylation is 1. The third kappa shape index (κ3) is 4.94. The van der Waals surface area contributed by atoms with Crippen LogP contribution in [0.5, 0.6) is 0 Å². The lowest BCUT2D eigenvalue weighted by Crippen LogP contribution is -2.43. The molecule has 1 aromatic rings. The molecule has 1 fully saturated rings. The average molecular weight is 408 g/mol. The van der Waals surface area contributed by atoms with Crippen LogP contribution in [0.1, 0.15) is 25.6 Å². The van der Waals surface area contributed by atoms with E-state index in [0.717, 1.165) is 4.57 Å². The number of aliphatic hydroxyl groups excluding tert-OH is 1. The van der Waals surface area contributed by atoms with E-state index in [1.165, 1.54) is 20.2 Å². The van der Waals surface area contributed by atoms with Crippen molar-refractivity contribution in [2.45, 2.75) is 57.5 Å². The molecule has 3 N–H and O–H groups in total. The van der Waals surface area contributed by atoms with Gasteiger partial charge in [-0.3, -0.25) is 18.9 Å². The zero-order chi connectivity index (χ0) is 20.3. The van der Waals surface area contributed by atoms with Crippen molar-refractivity contribution in [3.63, 3.8) is 0 Å². The van der Waals surface area contributed by atoms with Crippen LogP contribution in [0, 0.1) is 6.92 Å². The smallest absolute Gasteiger partial charge is 0.330 e. The normalized spacial score (nSPS) is 28.8. The molecule has 0 bridgehead atoms. The SMILES string of the molecule is CO[C@@H](C)[C@@H](C)O[C@H]1C(O[PH](=O)O)[C@@H](CO)O[C@H]1n1cc(C)c(=O)[nH]c1=O. The van der Waals surface area contributed by atoms with E-state index in [4.69, 9.17) is 18.7 Å². The molecular weight excluding hydrogens is 383 g/mol. The van der Waals surface area contributed by atoms with Crippen LogP contribution >= 0.6 is 8.25 Å². The summed E-state index contributed by atoms with van der Waals surface area (Å²) in [5, 5.41) is 9.59. The third-order valence-electron chi connectivity index (χ3n) is 4.53. The van der Waals surface area contributed by atoms with Crippen LogP contribution in [-0.2, 0) is 23.3 Å². The van der Waals surface area contributed by atoms with Crippen LogP contribution in [0.2, 0.25) is 0 Å². The number of rotatable bonds is 8. The molecule has 0 amide bonds. The average Bonchev–Trinajstić information content (AvgIpc) is 2.94. The first-order valence-corrected chi connectivity index (χ1v) is 9.62. The second-order valence-electron chi connectivity index (χ2n) is 6.32. The van der Waals surface area contributed by atoms with Crippen molar-refractivity contribution in [1.29, 1.82) is 0 Å². The predicted octanol–water partition coefficient (Wildman–Crippen LogP) is -0.689. The van der Waals surface area contributed by atoms with Crippen molar-refractivity contribution in [2.75, 3.05) is 13.7 Å². The lowest BCUT2D eigenvalue weighted by Gasteiger charge is -2.29. The maximum absolute atomic E-state index is 12.3. The molecule has 1 saturated heterocycles. The first-order chi connectivity index (χ1) is 12.7. The first kappa shape index (κ1) is 22.0. The summed E-state index contributed by atoms with van der Waals surface area (Å²) in [6.07, 6.45) is -3.75. The van der Waals surface area contributed by atoms with Crippen molar-refractivity contribution in [3.8, 4) is 0 Å². The Kier molecular flexibility index (Phi) is 7.52. The fourth-order valence-electron chi connectivity index (χ4n) is 2.81. The van der Waals surface area contributed by atoms with Crippen LogP contribution in [0.15, 0.2) is 15.8 Å². The summed E-state index contributed by atoms with van der Waals surface area (Å²) in [6, 6.07) is 0. The highest BCUT2D eigenvalue weighted by atomic mass is 31.1. The van der Waals surface area contributed by atoms with Gasteiger partial charge in [0.15, 0.2) is 6.23 Å². The number of nitrogens with one attached hydrogen (secondary N) is 1. The Bertz CT molecular complexity index is 779. The second-order valence-corrected chi connectivity index (χ2v) is 7.09. The van der Waals surface area contributed by atoms with E-state index in [0.29, 0.717) is 0 Å². The maximum Gasteiger partial charge on any atom is 0.330 e. The Labute approximate surface area is 155 Å². The van der Waals surface area contributed by atoms with Gasteiger partial charge in [-0.1, -0.05) is 0 Å². The molecule has 0 radical (unpaired) electrons. The molecular formula is C15H25N2O9P. The number of aliphatic hydroxyl groups is 1. The molecule has 2 unspecified atom stereocenters. The highest BCUT2D eigenvalue weighted by Gasteiger charge is 2.49. The van der Waals surface area contributed by atoms with Crippen LogP contribution in [0.3, 0.4) is 0 Å². The summed E-state index contributed by atoms with van der Waals surface area (Å²) in [5.41, 5.74) is -1.03. The van der Waals surface area contributed by atoms with E-state index in [9.17, 15) is 24.2 Å². The fraction of sp³-hybridized carbons (Fsp3) is 0.733. The van der Waals surface area contributed by atoms with Gasteiger partial charge in [-0.05, 0) is 20.8 Å². The highest BCUT2D eigenvalue weighted by molar-refractivity contribution is 7.32. The van der Waals surface area contributed by atoms with Crippen LogP contribution in [-0.4, -0.2) is 63.8 Å². The quantitative estimate of drug-likeness (QED) is 0.475. The summed E-state index contributed by atoms with van der Waals surface area (Å²) in [5.74, 6) is 0. The van der Waals surface area contributed by atoms with Crippen LogP contribution in [0.25, 0.3) is 0 Å². The monoisotopic (exact) mass is 408 g/mol. The maximum atomic E-state index is 12.3. The summed E-state index contributed by atoms with van der Waals surface area (Å²) in [4.78, 5) is 35.3. The van der Waals surface area contributed by atoms with Gasteiger partial charge in [-0.15, -0.1) is 0 Å². The minimum absolute atomic E-state index is 0.260. The van der Waals surface area contributed by atoms with Crippen molar-refractivity contribution < 1.29 is 33.3 Å². The number of methoxy groups -OCH3 is 1. The first-order valence-electron chi connectivity index (χ1n) is 8.35. The Morgan fingerprint density at radius 3 is 2.56 bits per heavy atom. The lowest BCUT2D eigenvalue weighted by atomic mass is 10.1. The summed E-state index contributed by atoms with van der Waals surface area (Å²) in [6.45, 7) is 4.47. The number of nitrogens with zero attached hydrogens (tertiary/aromatic N) is 1. The molecule has 12 heteroatoms. The predicted molar refractivity (Wildman–Crippen MR) is 94.0 cm³/mol. The number of hydrogen-bond acceptors (Lipinski definition) is 8. The zero-order valence-electron chi connectivity index (χ0n) is 15.4. The lowest BCUT2D eigenvalue weighted by molar-refractivity contribution is -0.127. The van der Waals surface area contributed by atoms with Crippen molar-refractivity contribution in [2.24, 2.45) is 0 Å². The van der Waals surface area contributed by atoms with Gasteiger partial charge in [0.2, 0.25) is 0 Å². The topological polar surface area (TPSA) is 149 Å². The van der Waals surface area contributed by atoms with Crippen LogP contribution in [0.4, 0.5) is 0 Å². The van der Waals surface area contributed by atoms with Crippen LogP contribution < -0.4 is 11.2 Å². The molecule has 1 aliphatic heterocycles. The molecule has 1 aliphatic rings. The van der Waals surface area contributed by atoms with Crippen molar-refractivity contribution in [3.05, 3.63) is 32.6 Å². The number of H-pyrrole nitrogens is 1. The number of aromatic amines is 1. The molecule has 2 heterocycles. The standard InChI is InChI=1S/C15H25N2O9P/c1-7-5-17(15(20)16-13(7)19)14-12(24-9(3)8(2)23-4)11(26-27(21)22)10(6-18)25-14/h5,8-12,14,18,27H,6H2,1-4H3,(H,21,22)(H,16,19,20)/t8-,9+,10+,11?,12-,14+/m0/s1. The number of hydrogen-bond donors (Lipinski definition) is 3. The van der Waals surface area contributed by atoms with E-state index in [2.05, 4.69) is 4.98 Å². The van der Waals surface area contributed by atoms with Gasteiger partial charge in [0.05, 0.1) is 18.8 Å². The van der Waals surface area contributed by atoms with Gasteiger partial charge in [0.1, 0.15) is 18.3 Å². The highest BCUT2D eigenvalue weighted by Crippen LogP contribution is 2.37. The van der Waals surface area contributed by atoms with E-state index in [-0.39, 0.29) is 11.7 Å². The Morgan fingerprint density at radius 1 is 1.33 bits per heavy atom. The largest absolute Gasteiger partial charge is 0.394 e. The molecule has 7 atom stereocenters. The molecule has 154 valence electrons. The van der Waals surface area contributed by atoms with Gasteiger partial charge in [-0.25, -0.2) is 4.79 Å². The number of ether oxygens (including phenoxy) is 3. The van der Waals surface area contributed by atoms with E-state index >= 15 is 0 Å². The van der Waals surface area contributed by atoms with Gasteiger partial charge in [0, 0.05) is 18.9 Å². The van der Waals surface area contributed by atoms with Gasteiger partial charge < -0.3 is 28.7 Å². The zero-order valence-corrected chi connectivity index (χ0v) is 16.4. The molecule has 1 aromatic heterocycles. The summed E-state index contributed by atoms with van der Waals surface area (Å²) in [7, 11) is -1.88. The molecule has 2 rings (SSSR count). The summed E-state index contributed by atoms with van der Waals surface area (Å²) >= 11 is 0. The molecule has 0 spiro atoms. The molecule has 0 aromatic carbocycles. The molecule has 0 saturated carbocycles. The second kappa shape index (κ2) is 9.24. The van der Waals surface area contributed by atoms with E-state index in [1.54, 1.807) is 13.8 Å². The molecule has 27 heavy (non-hydrogen) atoms. The number of aromatic nitrogens is 2. The van der Waals surface area contributed by atoms with Gasteiger partial charge in [0.25, 0.3) is 5.56 Å². The Balaban J connectivity index is 2.46. The Hall–Kier alpha value is -1.33. The Morgan fingerprint density at radius 2 is 2.00 bits per heavy atom. The molecule has 11 nitrogen and oxygen atoms in total. The molecule has 0 aliphatic carbocycles. The van der Waals surface area contributed by atoms with Gasteiger partial charge >= 0.3 is 13.9 Å². The van der Waals surface area contributed by atoms with E-state index < -0.39 is 56.8 Å². The minimum Gasteiger partial charge on any atom is -0.394 e. The van der Waals surface area contributed by atoms with E-state index in [1.807, 2.05) is 0 Å². The third-order valence-corrected chi connectivity index (χ3v) is 5.00. The fourth-order valence-corrected chi connectivity index (χ4v) is 3.33. The van der Waals surface area contributed by atoms with Crippen molar-refractivity contribution in [1.82, 2.24) is 9.55 Å². The summed E-state index contributed by atoms with van der Waals surface area (Å²) < 4.78 is 34.3. The minimum atomic E-state index is -3.38. The van der Waals surface area contributed by atoms with Gasteiger partial charge in [-0.2, -0.15) is 0 Å². The van der Waals surface area contributed by atoms with Crippen molar-refractivity contribution >= 4 is 8.25 Å².